The monoisotopic (exact) mass is 479 g/mol. The molecule has 1 aromatic rings. The average molecular weight is 479 g/mol. The van der Waals surface area contributed by atoms with Crippen molar-refractivity contribution in [3.63, 3.8) is 0 Å². The number of carbonyl (C=O) groups is 1. The van der Waals surface area contributed by atoms with Crippen molar-refractivity contribution in [1.29, 1.82) is 0 Å². The lowest BCUT2D eigenvalue weighted by Gasteiger charge is -2.22. The fourth-order valence-electron chi connectivity index (χ4n) is 3.04. The third-order valence-corrected chi connectivity index (χ3v) is 4.43. The molecule has 0 bridgehead atoms. The SMILES string of the molecule is CCNC(=NCC(O)c1ccccc1F)N1CC(C)C(C(=O)OC)C1.I. The van der Waals surface area contributed by atoms with Crippen molar-refractivity contribution >= 4 is 35.9 Å². The highest BCUT2D eigenvalue weighted by Crippen LogP contribution is 2.24. The molecule has 1 aliphatic rings. The molecule has 0 spiro atoms. The molecule has 146 valence electrons. The highest BCUT2D eigenvalue weighted by atomic mass is 127. The molecule has 0 amide bonds. The largest absolute Gasteiger partial charge is 0.469 e. The van der Waals surface area contributed by atoms with Crippen LogP contribution in [0.1, 0.15) is 25.5 Å². The summed E-state index contributed by atoms with van der Waals surface area (Å²) in [4.78, 5) is 18.3. The normalized spacial score (nSPS) is 21.1. The van der Waals surface area contributed by atoms with Crippen LogP contribution >= 0.6 is 24.0 Å². The molecule has 2 rings (SSSR count). The van der Waals surface area contributed by atoms with Gasteiger partial charge in [-0.05, 0) is 18.9 Å². The molecule has 2 N–H and O–H groups in total. The highest BCUT2D eigenvalue weighted by Gasteiger charge is 2.36. The summed E-state index contributed by atoms with van der Waals surface area (Å²) in [6, 6.07) is 6.13. The van der Waals surface area contributed by atoms with Crippen molar-refractivity contribution in [3.05, 3.63) is 35.6 Å². The summed E-state index contributed by atoms with van der Waals surface area (Å²) in [5.41, 5.74) is 0.226. The van der Waals surface area contributed by atoms with Crippen molar-refractivity contribution in [2.24, 2.45) is 16.8 Å². The van der Waals surface area contributed by atoms with E-state index in [0.717, 1.165) is 0 Å². The predicted octanol–water partition coefficient (Wildman–Crippen LogP) is 2.18. The number of guanidine groups is 1. The van der Waals surface area contributed by atoms with E-state index in [0.29, 0.717) is 25.6 Å². The zero-order valence-corrected chi connectivity index (χ0v) is 17.6. The van der Waals surface area contributed by atoms with Gasteiger partial charge < -0.3 is 20.1 Å². The Bertz CT molecular complexity index is 629. The van der Waals surface area contributed by atoms with Gasteiger partial charge >= 0.3 is 5.97 Å². The first-order valence-electron chi connectivity index (χ1n) is 8.51. The summed E-state index contributed by atoms with van der Waals surface area (Å²) in [5.74, 6) is -0.123. The number of esters is 1. The Labute approximate surface area is 170 Å². The van der Waals surface area contributed by atoms with Gasteiger partial charge in [0.2, 0.25) is 0 Å². The van der Waals surface area contributed by atoms with E-state index >= 15 is 0 Å². The molecule has 26 heavy (non-hydrogen) atoms. The van der Waals surface area contributed by atoms with Gasteiger partial charge in [0.15, 0.2) is 5.96 Å². The van der Waals surface area contributed by atoms with Gasteiger partial charge in [0.05, 0.1) is 19.6 Å². The second-order valence-corrected chi connectivity index (χ2v) is 6.24. The summed E-state index contributed by atoms with van der Waals surface area (Å²) < 4.78 is 18.6. The number of likely N-dealkylation sites (tertiary alicyclic amines) is 1. The summed E-state index contributed by atoms with van der Waals surface area (Å²) in [5, 5.41) is 13.4. The van der Waals surface area contributed by atoms with E-state index in [1.165, 1.54) is 13.2 Å². The zero-order valence-electron chi connectivity index (χ0n) is 15.3. The molecule has 1 saturated heterocycles. The number of ether oxygens (including phenoxy) is 1. The zero-order chi connectivity index (χ0) is 18.4. The number of rotatable bonds is 5. The van der Waals surface area contributed by atoms with E-state index in [4.69, 9.17) is 4.74 Å². The van der Waals surface area contributed by atoms with Gasteiger partial charge in [0.25, 0.3) is 0 Å². The van der Waals surface area contributed by atoms with Gasteiger partial charge in [-0.3, -0.25) is 9.79 Å². The topological polar surface area (TPSA) is 74.2 Å². The summed E-state index contributed by atoms with van der Waals surface area (Å²) in [6.07, 6.45) is -1.02. The Hall–Kier alpha value is -1.42. The van der Waals surface area contributed by atoms with Crippen molar-refractivity contribution < 1.29 is 19.0 Å². The number of aliphatic hydroxyl groups is 1. The summed E-state index contributed by atoms with van der Waals surface area (Å²) in [6.45, 7) is 5.82. The number of aliphatic imine (C=N–C) groups is 1. The van der Waals surface area contributed by atoms with Gasteiger partial charge in [-0.2, -0.15) is 0 Å². The fraction of sp³-hybridized carbons (Fsp3) is 0.556. The number of nitrogens with one attached hydrogen (secondary N) is 1. The lowest BCUT2D eigenvalue weighted by atomic mass is 9.99. The molecule has 1 aliphatic heterocycles. The highest BCUT2D eigenvalue weighted by molar-refractivity contribution is 14.0. The van der Waals surface area contributed by atoms with Gasteiger partial charge in [-0.15, -0.1) is 24.0 Å². The molecular weight excluding hydrogens is 452 g/mol. The van der Waals surface area contributed by atoms with Gasteiger partial charge in [0, 0.05) is 25.2 Å². The van der Waals surface area contributed by atoms with Crippen LogP contribution in [0, 0.1) is 17.7 Å². The number of methoxy groups -OCH3 is 1. The maximum atomic E-state index is 13.8. The van der Waals surface area contributed by atoms with Crippen LogP contribution in [0.25, 0.3) is 0 Å². The second kappa shape index (κ2) is 10.7. The van der Waals surface area contributed by atoms with Crippen LogP contribution in [-0.4, -0.2) is 55.2 Å². The number of hydrogen-bond acceptors (Lipinski definition) is 4. The predicted molar refractivity (Wildman–Crippen MR) is 109 cm³/mol. The minimum Gasteiger partial charge on any atom is -0.469 e. The number of nitrogens with zero attached hydrogens (tertiary/aromatic N) is 2. The van der Waals surface area contributed by atoms with Crippen LogP contribution in [0.15, 0.2) is 29.3 Å². The van der Waals surface area contributed by atoms with Crippen LogP contribution in [0.2, 0.25) is 0 Å². The molecule has 8 heteroatoms. The number of halogens is 2. The van der Waals surface area contributed by atoms with E-state index in [2.05, 4.69) is 10.3 Å². The number of hydrogen-bond donors (Lipinski definition) is 2. The molecule has 3 atom stereocenters. The smallest absolute Gasteiger partial charge is 0.310 e. The van der Waals surface area contributed by atoms with Crippen molar-refractivity contribution in [2.45, 2.75) is 20.0 Å². The Kier molecular flexibility index (Phi) is 9.28. The minimum absolute atomic E-state index is 0. The quantitative estimate of drug-likeness (QED) is 0.293. The molecular formula is C18H27FIN3O3. The molecule has 3 unspecified atom stereocenters. The van der Waals surface area contributed by atoms with Crippen LogP contribution < -0.4 is 5.32 Å². The number of carbonyl (C=O) groups excluding carboxylic acids is 1. The molecule has 1 fully saturated rings. The van der Waals surface area contributed by atoms with Gasteiger partial charge in [-0.1, -0.05) is 25.1 Å². The van der Waals surface area contributed by atoms with Crippen LogP contribution in [0.5, 0.6) is 0 Å². The lowest BCUT2D eigenvalue weighted by molar-refractivity contribution is -0.145. The molecule has 0 saturated carbocycles. The Balaban J connectivity index is 0.00000338. The molecule has 0 aliphatic carbocycles. The van der Waals surface area contributed by atoms with Crippen LogP contribution in [-0.2, 0) is 9.53 Å². The molecule has 0 radical (unpaired) electrons. The molecule has 0 aromatic heterocycles. The maximum absolute atomic E-state index is 13.8. The second-order valence-electron chi connectivity index (χ2n) is 6.24. The summed E-state index contributed by atoms with van der Waals surface area (Å²) >= 11 is 0. The van der Waals surface area contributed by atoms with E-state index < -0.39 is 11.9 Å². The molecule has 1 heterocycles. The van der Waals surface area contributed by atoms with Gasteiger partial charge in [0.1, 0.15) is 11.9 Å². The fourth-order valence-corrected chi connectivity index (χ4v) is 3.04. The summed E-state index contributed by atoms with van der Waals surface area (Å²) in [7, 11) is 1.39. The number of benzene rings is 1. The van der Waals surface area contributed by atoms with Crippen LogP contribution in [0.3, 0.4) is 0 Å². The molecule has 1 aromatic carbocycles. The Morgan fingerprint density at radius 2 is 2.15 bits per heavy atom. The standard InChI is InChI=1S/C18H26FN3O3.HI/c1-4-20-18(22-10-12(2)14(11-22)17(24)25-3)21-9-16(23)13-7-5-6-8-15(13)19;/h5-8,12,14,16,23H,4,9-11H2,1-3H3,(H,20,21);1H. The lowest BCUT2D eigenvalue weighted by Crippen LogP contribution is -2.41. The van der Waals surface area contributed by atoms with E-state index in [-0.39, 0.29) is 53.9 Å². The molecule has 6 nitrogen and oxygen atoms in total. The Morgan fingerprint density at radius 3 is 2.77 bits per heavy atom. The maximum Gasteiger partial charge on any atom is 0.310 e. The van der Waals surface area contributed by atoms with Gasteiger partial charge in [-0.25, -0.2) is 4.39 Å². The number of aliphatic hydroxyl groups excluding tert-OH is 1. The average Bonchev–Trinajstić information content (AvgIpc) is 2.99. The first-order chi connectivity index (χ1) is 12.0. The third-order valence-electron chi connectivity index (χ3n) is 4.43. The van der Waals surface area contributed by atoms with E-state index in [9.17, 15) is 14.3 Å². The van der Waals surface area contributed by atoms with E-state index in [1.807, 2.05) is 18.7 Å². The van der Waals surface area contributed by atoms with Crippen molar-refractivity contribution in [2.75, 3.05) is 33.3 Å². The van der Waals surface area contributed by atoms with E-state index in [1.54, 1.807) is 18.2 Å². The first kappa shape index (κ1) is 22.6. The van der Waals surface area contributed by atoms with Crippen LogP contribution in [0.4, 0.5) is 4.39 Å². The van der Waals surface area contributed by atoms with Crippen molar-refractivity contribution in [1.82, 2.24) is 10.2 Å². The first-order valence-corrected chi connectivity index (χ1v) is 8.51. The Morgan fingerprint density at radius 1 is 1.46 bits per heavy atom. The van der Waals surface area contributed by atoms with Crippen molar-refractivity contribution in [3.8, 4) is 0 Å². The third kappa shape index (κ3) is 5.54. The minimum atomic E-state index is -1.02.